The van der Waals surface area contributed by atoms with Crippen molar-refractivity contribution < 1.29 is 19.7 Å². The monoisotopic (exact) mass is 652 g/mol. The number of aliphatic hydroxyl groups is 1. The van der Waals surface area contributed by atoms with E-state index in [0.29, 0.717) is 12.3 Å². The van der Waals surface area contributed by atoms with Gasteiger partial charge in [0.1, 0.15) is 12.6 Å². The van der Waals surface area contributed by atoms with Gasteiger partial charge in [-0.3, -0.25) is 5.41 Å². The Bertz CT molecular complexity index is 1210. The molecule has 0 amide bonds. The zero-order valence-corrected chi connectivity index (χ0v) is 31.1. The molecule has 0 heterocycles. The van der Waals surface area contributed by atoms with E-state index in [1.807, 2.05) is 90.1 Å². The third kappa shape index (κ3) is 22.7. The SMILES string of the molecule is C=Cc1ccc(C(CCC)CCCC(=C)C(=N)c2ccccc2C)c(F)c1.CC.CCOCO.CN(C)C.Cc1ccc(C)cc1.O. The van der Waals surface area contributed by atoms with Crippen molar-refractivity contribution in [3.63, 3.8) is 0 Å². The van der Waals surface area contributed by atoms with Crippen LogP contribution in [0.5, 0.6) is 0 Å². The van der Waals surface area contributed by atoms with Gasteiger partial charge in [0.25, 0.3) is 0 Å². The number of nitrogens with one attached hydrogen (secondary N) is 1. The highest BCUT2D eigenvalue weighted by molar-refractivity contribution is 6.11. The van der Waals surface area contributed by atoms with Crippen LogP contribution in [0, 0.1) is 32.0 Å². The van der Waals surface area contributed by atoms with Gasteiger partial charge in [-0.2, -0.15) is 0 Å². The number of hydrogen-bond donors (Lipinski definition) is 2. The van der Waals surface area contributed by atoms with Gasteiger partial charge in [0.15, 0.2) is 0 Å². The quantitative estimate of drug-likeness (QED) is 0.151. The maximum absolute atomic E-state index is 14.5. The highest BCUT2D eigenvalue weighted by Crippen LogP contribution is 2.30. The average molecular weight is 653 g/mol. The summed E-state index contributed by atoms with van der Waals surface area (Å²) in [6.07, 6.45) is 6.22. The lowest BCUT2D eigenvalue weighted by Crippen LogP contribution is -2.06. The Kier molecular flexibility index (Phi) is 30.6. The second-order valence-corrected chi connectivity index (χ2v) is 11.3. The Labute approximate surface area is 287 Å². The molecule has 3 rings (SSSR count). The van der Waals surface area contributed by atoms with Crippen LogP contribution >= 0.6 is 0 Å². The van der Waals surface area contributed by atoms with E-state index in [9.17, 15) is 4.39 Å². The molecule has 0 aliphatic rings. The second-order valence-electron chi connectivity index (χ2n) is 11.3. The van der Waals surface area contributed by atoms with Gasteiger partial charge in [-0.05, 0) is 109 Å². The van der Waals surface area contributed by atoms with Gasteiger partial charge in [-0.1, -0.05) is 118 Å². The highest BCUT2D eigenvalue weighted by atomic mass is 19.1. The first kappa shape index (κ1) is 48.0. The Morgan fingerprint density at radius 1 is 0.936 bits per heavy atom. The van der Waals surface area contributed by atoms with Gasteiger partial charge in [-0.25, -0.2) is 4.39 Å². The molecule has 3 aromatic carbocycles. The fourth-order valence-corrected chi connectivity index (χ4v) is 4.26. The van der Waals surface area contributed by atoms with Crippen molar-refractivity contribution in [1.82, 2.24) is 4.90 Å². The van der Waals surface area contributed by atoms with Crippen LogP contribution in [-0.4, -0.2) is 55.7 Å². The summed E-state index contributed by atoms with van der Waals surface area (Å²) in [5, 5.41) is 16.3. The Morgan fingerprint density at radius 3 is 1.87 bits per heavy atom. The third-order valence-corrected chi connectivity index (χ3v) is 6.65. The maximum Gasteiger partial charge on any atom is 0.143 e. The summed E-state index contributed by atoms with van der Waals surface area (Å²) < 4.78 is 18.9. The molecular weight excluding hydrogens is 587 g/mol. The molecule has 0 bridgehead atoms. The van der Waals surface area contributed by atoms with E-state index in [1.165, 1.54) is 11.1 Å². The minimum Gasteiger partial charge on any atom is -0.412 e. The van der Waals surface area contributed by atoms with E-state index in [4.69, 9.17) is 10.5 Å². The molecule has 0 spiro atoms. The number of aliphatic hydroxyl groups excluding tert-OH is 1. The van der Waals surface area contributed by atoms with Crippen LogP contribution in [0.4, 0.5) is 4.39 Å². The predicted octanol–water partition coefficient (Wildman–Crippen LogP) is 10.1. The summed E-state index contributed by atoms with van der Waals surface area (Å²) >= 11 is 0. The smallest absolute Gasteiger partial charge is 0.143 e. The van der Waals surface area contributed by atoms with Crippen LogP contribution in [-0.2, 0) is 4.74 Å². The number of allylic oxidation sites excluding steroid dienone is 1. The van der Waals surface area contributed by atoms with Crippen LogP contribution < -0.4 is 0 Å². The zero-order chi connectivity index (χ0) is 35.5. The van der Waals surface area contributed by atoms with Gasteiger partial charge in [0.05, 0.1) is 5.71 Å². The highest BCUT2D eigenvalue weighted by Gasteiger charge is 2.16. The summed E-state index contributed by atoms with van der Waals surface area (Å²) in [6.45, 7) is 22.4. The van der Waals surface area contributed by atoms with Crippen LogP contribution in [0.2, 0.25) is 0 Å². The fraction of sp³-hybridized carbons (Fsp3) is 0.439. The molecule has 264 valence electrons. The number of rotatable bonds is 12. The summed E-state index contributed by atoms with van der Waals surface area (Å²) in [6, 6.07) is 21.8. The molecule has 47 heavy (non-hydrogen) atoms. The molecule has 0 radical (unpaired) electrons. The van der Waals surface area contributed by atoms with E-state index < -0.39 is 0 Å². The summed E-state index contributed by atoms with van der Waals surface area (Å²) in [7, 11) is 6.00. The summed E-state index contributed by atoms with van der Waals surface area (Å²) in [5.41, 5.74) is 7.67. The first-order chi connectivity index (χ1) is 21.9. The van der Waals surface area contributed by atoms with Crippen LogP contribution in [0.15, 0.2) is 85.5 Å². The number of aryl methyl sites for hydroxylation is 3. The Morgan fingerprint density at radius 2 is 1.47 bits per heavy atom. The first-order valence-electron chi connectivity index (χ1n) is 16.5. The number of nitrogens with zero attached hydrogens (tertiary/aromatic N) is 1. The molecular formula is C41H65FN2O3. The standard InChI is InChI=1S/C25H30FN.C8H10.C3H9N.C3H8O2.C2H6.H2O/c1-5-10-21(23-16-15-20(6-2)17-24(23)26)13-9-12-19(4)25(27)22-14-8-7-11-18(22)3;1-7-3-5-8(2)6-4-7;1-4(2)3;1-2-5-3-4;1-2;/h6-8,11,14-17,21,27H,2,4-5,9-10,12-13H2,1,3H3;3-6H,1-2H3;1-3H3;4H,2-3H2,1H3;1-2H3;1H2. The number of benzene rings is 3. The van der Waals surface area contributed by atoms with Crippen molar-refractivity contribution >= 4 is 11.8 Å². The van der Waals surface area contributed by atoms with E-state index >= 15 is 0 Å². The van der Waals surface area contributed by atoms with Crippen molar-refractivity contribution in [3.05, 3.63) is 125 Å². The van der Waals surface area contributed by atoms with Crippen molar-refractivity contribution in [3.8, 4) is 0 Å². The third-order valence-electron chi connectivity index (χ3n) is 6.65. The fourth-order valence-electron chi connectivity index (χ4n) is 4.26. The van der Waals surface area contributed by atoms with Gasteiger partial charge >= 0.3 is 0 Å². The van der Waals surface area contributed by atoms with E-state index in [0.717, 1.165) is 59.9 Å². The predicted molar refractivity (Wildman–Crippen MR) is 204 cm³/mol. The molecule has 0 saturated heterocycles. The maximum atomic E-state index is 14.5. The second kappa shape index (κ2) is 29.9. The zero-order valence-electron chi connectivity index (χ0n) is 31.1. The summed E-state index contributed by atoms with van der Waals surface area (Å²) in [5.74, 6) is 0.0617. The number of halogens is 1. The van der Waals surface area contributed by atoms with Crippen LogP contribution in [0.25, 0.3) is 6.08 Å². The van der Waals surface area contributed by atoms with Gasteiger partial charge < -0.3 is 20.2 Å². The van der Waals surface area contributed by atoms with Crippen molar-refractivity contribution in [1.29, 1.82) is 5.41 Å². The molecule has 1 unspecified atom stereocenters. The van der Waals surface area contributed by atoms with E-state index in [2.05, 4.69) is 62.9 Å². The molecule has 0 aliphatic heterocycles. The lowest BCUT2D eigenvalue weighted by atomic mass is 9.87. The molecule has 4 N–H and O–H groups in total. The molecule has 1 atom stereocenters. The molecule has 0 saturated carbocycles. The first-order valence-corrected chi connectivity index (χ1v) is 16.5. The summed E-state index contributed by atoms with van der Waals surface area (Å²) in [4.78, 5) is 2.00. The lowest BCUT2D eigenvalue weighted by Gasteiger charge is -2.18. The van der Waals surface area contributed by atoms with Gasteiger partial charge in [0, 0.05) is 12.2 Å². The minimum atomic E-state index is -0.156. The average Bonchev–Trinajstić information content (AvgIpc) is 3.03. The van der Waals surface area contributed by atoms with Crippen molar-refractivity contribution in [2.75, 3.05) is 34.5 Å². The van der Waals surface area contributed by atoms with Crippen LogP contribution in [0.1, 0.15) is 99.1 Å². The molecule has 5 nitrogen and oxygen atoms in total. The molecule has 0 fully saturated rings. The number of ether oxygens (including phenoxy) is 1. The minimum absolute atomic E-state index is 0. The van der Waals surface area contributed by atoms with Gasteiger partial charge in [0.2, 0.25) is 0 Å². The Hall–Kier alpha value is -3.42. The van der Waals surface area contributed by atoms with E-state index in [1.54, 1.807) is 12.1 Å². The number of hydrogen-bond acceptors (Lipinski definition) is 4. The van der Waals surface area contributed by atoms with Gasteiger partial charge in [-0.15, -0.1) is 0 Å². The molecule has 0 aliphatic carbocycles. The lowest BCUT2D eigenvalue weighted by molar-refractivity contribution is 0.00539. The van der Waals surface area contributed by atoms with Crippen LogP contribution in [0.3, 0.4) is 0 Å². The van der Waals surface area contributed by atoms with Crippen molar-refractivity contribution in [2.24, 2.45) is 0 Å². The Balaban J connectivity index is -0.000000789. The van der Waals surface area contributed by atoms with E-state index in [-0.39, 0.29) is 24.0 Å². The molecule has 3 aromatic rings. The topological polar surface area (TPSA) is 88.1 Å². The molecule has 6 heteroatoms. The normalized spacial score (nSPS) is 10.1. The largest absolute Gasteiger partial charge is 0.412 e. The molecule has 0 aromatic heterocycles. The van der Waals surface area contributed by atoms with Crippen molar-refractivity contribution in [2.45, 2.75) is 86.5 Å².